The predicted molar refractivity (Wildman–Crippen MR) is 116 cm³/mol. The number of hydrogen-bond acceptors (Lipinski definition) is 5. The van der Waals surface area contributed by atoms with Gasteiger partial charge in [-0.3, -0.25) is 4.79 Å². The first-order valence-electron chi connectivity index (χ1n) is 10.7. The molecule has 2 saturated heterocycles. The molecule has 7 nitrogen and oxygen atoms in total. The number of nitrogens with one attached hydrogen (secondary N) is 1. The summed E-state index contributed by atoms with van der Waals surface area (Å²) < 4.78 is 46.5. The highest BCUT2D eigenvalue weighted by Crippen LogP contribution is 2.36. The molecule has 2 aliphatic heterocycles. The molecular formula is C22H31BF2N2O5. The van der Waals surface area contributed by atoms with Crippen LogP contribution in [0, 0.1) is 11.6 Å². The minimum Gasteiger partial charge on any atom is -0.444 e. The van der Waals surface area contributed by atoms with Crippen LogP contribution in [0.5, 0.6) is 0 Å². The minimum atomic E-state index is -1.27. The van der Waals surface area contributed by atoms with E-state index in [4.69, 9.17) is 14.0 Å². The highest BCUT2D eigenvalue weighted by atomic mass is 19.2. The van der Waals surface area contributed by atoms with Gasteiger partial charge in [-0.15, -0.1) is 0 Å². The van der Waals surface area contributed by atoms with Gasteiger partial charge in [0, 0.05) is 24.6 Å². The second-order valence-corrected chi connectivity index (χ2v) is 10.3. The van der Waals surface area contributed by atoms with Gasteiger partial charge in [-0.25, -0.2) is 13.6 Å². The lowest BCUT2D eigenvalue weighted by Gasteiger charge is -2.32. The fraction of sp³-hybridized carbons (Fsp3) is 0.636. The number of halogens is 2. The molecule has 1 aromatic rings. The molecule has 0 aliphatic carbocycles. The maximum Gasteiger partial charge on any atom is 0.497 e. The Labute approximate surface area is 187 Å². The Kier molecular flexibility index (Phi) is 6.34. The third kappa shape index (κ3) is 4.91. The van der Waals surface area contributed by atoms with Crippen LogP contribution in [-0.4, -0.2) is 60.0 Å². The van der Waals surface area contributed by atoms with E-state index in [0.29, 0.717) is 13.0 Å². The zero-order valence-corrected chi connectivity index (χ0v) is 19.7. The van der Waals surface area contributed by atoms with Gasteiger partial charge in [0.15, 0.2) is 11.6 Å². The summed E-state index contributed by atoms with van der Waals surface area (Å²) in [6.45, 7) is 13.2. The summed E-state index contributed by atoms with van der Waals surface area (Å²) in [5, 5.41) is 2.67. The zero-order chi connectivity index (χ0) is 24.1. The molecule has 1 N–H and O–H groups in total. The van der Waals surface area contributed by atoms with Gasteiger partial charge in [-0.2, -0.15) is 0 Å². The summed E-state index contributed by atoms with van der Waals surface area (Å²) in [6, 6.07) is 2.13. The Morgan fingerprint density at radius 1 is 1.12 bits per heavy atom. The van der Waals surface area contributed by atoms with Crippen molar-refractivity contribution in [2.45, 2.75) is 77.7 Å². The van der Waals surface area contributed by atoms with E-state index in [1.165, 1.54) is 17.0 Å². The third-order valence-electron chi connectivity index (χ3n) is 6.04. The SMILES string of the molecule is CC(C)(C)OC(=O)N1CCC(NC(=O)c2ccc(B3OC(C)(C)C(C)(C)O3)c(F)c2F)C1. The van der Waals surface area contributed by atoms with Crippen LogP contribution in [0.25, 0.3) is 0 Å². The number of nitrogens with zero attached hydrogens (tertiary/aromatic N) is 1. The lowest BCUT2D eigenvalue weighted by molar-refractivity contribution is 0.00578. The first kappa shape index (κ1) is 24.4. The summed E-state index contributed by atoms with van der Waals surface area (Å²) >= 11 is 0. The molecule has 2 amide bonds. The van der Waals surface area contributed by atoms with E-state index in [9.17, 15) is 18.4 Å². The Bertz CT molecular complexity index is 900. The molecule has 0 saturated carbocycles. The molecule has 2 fully saturated rings. The monoisotopic (exact) mass is 452 g/mol. The van der Waals surface area contributed by atoms with E-state index in [0.717, 1.165) is 0 Å². The summed E-state index contributed by atoms with van der Waals surface area (Å²) in [4.78, 5) is 26.3. The standard InChI is InChI=1S/C22H31BF2N2O5/c1-20(2,3)30-19(29)27-11-10-13(12-27)26-18(28)14-8-9-15(17(25)16(14)24)23-31-21(4,5)22(6,7)32-23/h8-9,13H,10-12H2,1-7H3,(H,26,28). The summed E-state index contributed by atoms with van der Waals surface area (Å²) in [5.74, 6) is -3.20. The Balaban J connectivity index is 1.67. The second kappa shape index (κ2) is 8.30. The number of benzene rings is 1. The normalized spacial score (nSPS) is 22.2. The van der Waals surface area contributed by atoms with Gasteiger partial charge in [-0.05, 0) is 61.0 Å². The van der Waals surface area contributed by atoms with Crippen LogP contribution in [0.2, 0.25) is 0 Å². The maximum absolute atomic E-state index is 14.8. The molecule has 32 heavy (non-hydrogen) atoms. The number of carbonyl (C=O) groups is 2. The molecule has 2 aliphatic rings. The quantitative estimate of drug-likeness (QED) is 0.714. The van der Waals surface area contributed by atoms with E-state index in [-0.39, 0.29) is 18.0 Å². The minimum absolute atomic E-state index is 0.102. The van der Waals surface area contributed by atoms with E-state index in [1.54, 1.807) is 20.8 Å². The van der Waals surface area contributed by atoms with Crippen molar-refractivity contribution in [2.24, 2.45) is 0 Å². The molecule has 1 unspecified atom stereocenters. The molecule has 1 atom stereocenters. The fourth-order valence-electron chi connectivity index (χ4n) is 3.53. The van der Waals surface area contributed by atoms with Gasteiger partial charge in [0.2, 0.25) is 0 Å². The molecule has 0 bridgehead atoms. The van der Waals surface area contributed by atoms with Crippen molar-refractivity contribution < 1.29 is 32.4 Å². The van der Waals surface area contributed by atoms with Gasteiger partial charge in [0.05, 0.1) is 16.8 Å². The molecule has 176 valence electrons. The van der Waals surface area contributed by atoms with E-state index < -0.39 is 53.1 Å². The van der Waals surface area contributed by atoms with Crippen LogP contribution >= 0.6 is 0 Å². The van der Waals surface area contributed by atoms with Crippen molar-refractivity contribution in [2.75, 3.05) is 13.1 Å². The van der Waals surface area contributed by atoms with Gasteiger partial charge in [0.1, 0.15) is 5.60 Å². The molecule has 0 radical (unpaired) electrons. The molecule has 1 aromatic carbocycles. The van der Waals surface area contributed by atoms with E-state index in [2.05, 4.69) is 5.32 Å². The van der Waals surface area contributed by atoms with E-state index in [1.807, 2.05) is 27.7 Å². The molecule has 3 rings (SSSR count). The van der Waals surface area contributed by atoms with Crippen LogP contribution in [0.1, 0.15) is 65.2 Å². The van der Waals surface area contributed by atoms with Crippen molar-refractivity contribution in [1.82, 2.24) is 10.2 Å². The molecular weight excluding hydrogens is 421 g/mol. The number of likely N-dealkylation sites (tertiary alicyclic amines) is 1. The van der Waals surface area contributed by atoms with Gasteiger partial charge in [-0.1, -0.05) is 6.07 Å². The second-order valence-electron chi connectivity index (χ2n) is 10.3. The van der Waals surface area contributed by atoms with Crippen molar-refractivity contribution in [3.8, 4) is 0 Å². The van der Waals surface area contributed by atoms with Crippen molar-refractivity contribution in [3.05, 3.63) is 29.3 Å². The number of amides is 2. The van der Waals surface area contributed by atoms with Crippen molar-refractivity contribution in [1.29, 1.82) is 0 Å². The third-order valence-corrected chi connectivity index (χ3v) is 6.04. The van der Waals surface area contributed by atoms with Crippen LogP contribution in [-0.2, 0) is 14.0 Å². The molecule has 0 spiro atoms. The summed E-state index contributed by atoms with van der Waals surface area (Å²) in [5.41, 5.74) is -2.57. The average molecular weight is 452 g/mol. The predicted octanol–water partition coefficient (Wildman–Crippen LogP) is 3.00. The average Bonchev–Trinajstić information content (AvgIpc) is 3.17. The van der Waals surface area contributed by atoms with Gasteiger partial charge >= 0.3 is 13.2 Å². The number of hydrogen-bond donors (Lipinski definition) is 1. The first-order chi connectivity index (χ1) is 14.6. The Morgan fingerprint density at radius 3 is 2.28 bits per heavy atom. The highest BCUT2D eigenvalue weighted by molar-refractivity contribution is 6.62. The number of rotatable bonds is 3. The summed E-state index contributed by atoms with van der Waals surface area (Å²) in [7, 11) is -1.08. The van der Waals surface area contributed by atoms with Gasteiger partial charge in [0.25, 0.3) is 5.91 Å². The lowest BCUT2D eigenvalue weighted by atomic mass is 9.78. The van der Waals surface area contributed by atoms with Crippen LogP contribution in [0.15, 0.2) is 12.1 Å². The van der Waals surface area contributed by atoms with Crippen LogP contribution in [0.4, 0.5) is 13.6 Å². The van der Waals surface area contributed by atoms with E-state index >= 15 is 0 Å². The fourth-order valence-corrected chi connectivity index (χ4v) is 3.53. The topological polar surface area (TPSA) is 77.1 Å². The largest absolute Gasteiger partial charge is 0.497 e. The van der Waals surface area contributed by atoms with Crippen LogP contribution in [0.3, 0.4) is 0 Å². The zero-order valence-electron chi connectivity index (χ0n) is 19.7. The van der Waals surface area contributed by atoms with Gasteiger partial charge < -0.3 is 24.3 Å². The molecule has 10 heteroatoms. The van der Waals surface area contributed by atoms with Crippen molar-refractivity contribution in [3.63, 3.8) is 0 Å². The van der Waals surface area contributed by atoms with Crippen molar-refractivity contribution >= 4 is 24.6 Å². The highest BCUT2D eigenvalue weighted by Gasteiger charge is 2.52. The Morgan fingerprint density at radius 2 is 1.72 bits per heavy atom. The lowest BCUT2D eigenvalue weighted by Crippen LogP contribution is -2.41. The molecule has 0 aromatic heterocycles. The summed E-state index contributed by atoms with van der Waals surface area (Å²) in [6.07, 6.45) is 0.0133. The number of carbonyl (C=O) groups excluding carboxylic acids is 2. The Hall–Kier alpha value is -2.20. The first-order valence-corrected chi connectivity index (χ1v) is 10.7. The number of ether oxygens (including phenoxy) is 1. The molecule has 2 heterocycles. The van der Waals surface area contributed by atoms with Crippen LogP contribution < -0.4 is 10.8 Å². The smallest absolute Gasteiger partial charge is 0.444 e. The maximum atomic E-state index is 14.8.